The molecule has 0 rings (SSSR count). The molecular formula is C4H5F5N2O. The summed E-state index contributed by atoms with van der Waals surface area (Å²) >= 11 is 0. The van der Waals surface area contributed by atoms with E-state index in [1.165, 1.54) is 12.1 Å². The maximum absolute atomic E-state index is 12.1. The summed E-state index contributed by atoms with van der Waals surface area (Å²) in [5.41, 5.74) is 0. The van der Waals surface area contributed by atoms with Crippen LogP contribution in [0.4, 0.5) is 22.2 Å². The van der Waals surface area contributed by atoms with E-state index in [9.17, 15) is 22.2 Å². The molecule has 0 radical (unpaired) electrons. The van der Waals surface area contributed by atoms with Gasteiger partial charge < -0.3 is 4.74 Å². The molecule has 0 saturated heterocycles. The van der Waals surface area contributed by atoms with Crippen LogP contribution in [0, 0.1) is 0 Å². The smallest absolute Gasteiger partial charge is 0.435 e. The van der Waals surface area contributed by atoms with Crippen LogP contribution >= 0.6 is 0 Å². The Morgan fingerprint density at radius 1 is 1.50 bits per heavy atom. The van der Waals surface area contributed by atoms with Crippen LogP contribution in [-0.2, 0) is 4.74 Å². The van der Waals surface area contributed by atoms with E-state index in [4.69, 9.17) is 0 Å². The van der Waals surface area contributed by atoms with Crippen molar-refractivity contribution in [3.63, 3.8) is 0 Å². The second kappa shape index (κ2) is 4.19. The van der Waals surface area contributed by atoms with Crippen LogP contribution in [-0.4, -0.2) is 23.9 Å². The van der Waals surface area contributed by atoms with E-state index in [1.54, 1.807) is 0 Å². The van der Waals surface area contributed by atoms with Crippen LogP contribution in [0.2, 0.25) is 0 Å². The number of halogens is 5. The Balaban J connectivity index is 4.49. The summed E-state index contributed by atoms with van der Waals surface area (Å²) in [6.07, 6.45) is 0. The Morgan fingerprint density at radius 2 is 2.00 bits per heavy atom. The summed E-state index contributed by atoms with van der Waals surface area (Å²) in [4.78, 5) is 0. The van der Waals surface area contributed by atoms with Crippen LogP contribution in [0.3, 0.4) is 0 Å². The average molecular weight is 192 g/mol. The van der Waals surface area contributed by atoms with Gasteiger partial charge in [-0.3, -0.25) is 0 Å². The lowest BCUT2D eigenvalue weighted by Crippen LogP contribution is -2.40. The maximum Gasteiger partial charge on any atom is 0.435 e. The van der Waals surface area contributed by atoms with Crippen LogP contribution in [0.5, 0.6) is 0 Å². The topological polar surface area (TPSA) is 24.8 Å². The van der Waals surface area contributed by atoms with Crippen molar-refractivity contribution in [1.82, 2.24) is 5.34 Å². The second-order valence-electron chi connectivity index (χ2n) is 1.60. The van der Waals surface area contributed by atoms with Gasteiger partial charge in [0, 0.05) is 0 Å². The van der Waals surface area contributed by atoms with Crippen molar-refractivity contribution >= 4 is 5.90 Å². The molecule has 0 aromatic rings. The van der Waals surface area contributed by atoms with Gasteiger partial charge in [-0.25, -0.2) is 0 Å². The van der Waals surface area contributed by atoms with E-state index in [2.05, 4.69) is 4.74 Å². The van der Waals surface area contributed by atoms with Gasteiger partial charge in [-0.15, -0.1) is 0 Å². The molecule has 0 saturated carbocycles. The minimum atomic E-state index is -4.83. The molecule has 0 spiro atoms. The van der Waals surface area contributed by atoms with Crippen molar-refractivity contribution in [2.45, 2.75) is 13.0 Å². The lowest BCUT2D eigenvalue weighted by atomic mass is 10.5. The molecule has 0 bridgehead atoms. The van der Waals surface area contributed by atoms with Crippen molar-refractivity contribution in [3.05, 3.63) is 0 Å². The fourth-order valence-corrected chi connectivity index (χ4v) is 0.371. The largest absolute Gasteiger partial charge is 0.474 e. The lowest BCUT2D eigenvalue weighted by Gasteiger charge is -2.15. The third-order valence-corrected chi connectivity index (χ3v) is 0.827. The predicted octanol–water partition coefficient (Wildman–Crippen LogP) is 1.97. The van der Waals surface area contributed by atoms with Crippen molar-refractivity contribution in [3.8, 4) is 0 Å². The molecule has 0 aromatic carbocycles. The Kier molecular flexibility index (Phi) is 3.87. The first-order valence-electron chi connectivity index (χ1n) is 2.78. The van der Waals surface area contributed by atoms with Gasteiger partial charge in [0.2, 0.25) is 0 Å². The van der Waals surface area contributed by atoms with Gasteiger partial charge in [-0.2, -0.15) is 8.78 Å². The molecule has 0 atom stereocenters. The fraction of sp³-hybridized carbons (Fsp3) is 0.750. The molecule has 0 N–H and O–H groups in total. The summed E-state index contributed by atoms with van der Waals surface area (Å²) in [5, 5.41) is -1.09. The van der Waals surface area contributed by atoms with E-state index in [1.807, 2.05) is 0 Å². The number of hydrogen-bond donors (Lipinski definition) is 0. The molecule has 8 heteroatoms. The van der Waals surface area contributed by atoms with E-state index in [-0.39, 0.29) is 6.61 Å². The van der Waals surface area contributed by atoms with Gasteiger partial charge in [-0.1, -0.05) is 13.4 Å². The summed E-state index contributed by atoms with van der Waals surface area (Å²) in [6.45, 7) is 0.842. The quantitative estimate of drug-likeness (QED) is 0.224. The summed E-state index contributed by atoms with van der Waals surface area (Å²) in [6, 6.07) is -4.83. The first-order chi connectivity index (χ1) is 5.46. The molecule has 0 amide bonds. The minimum Gasteiger partial charge on any atom is -0.474 e. The van der Waals surface area contributed by atoms with Crippen LogP contribution in [0.25, 0.3) is 0 Å². The van der Waals surface area contributed by atoms with Gasteiger partial charge in [0.25, 0.3) is 0 Å². The van der Waals surface area contributed by atoms with Gasteiger partial charge in [0.15, 0.2) is 0 Å². The van der Waals surface area contributed by atoms with Gasteiger partial charge >= 0.3 is 11.9 Å². The fourth-order valence-electron chi connectivity index (χ4n) is 0.371. The standard InChI is InChI=1S/C4H5F5N2O/c1-2-12-3(10-7)4(5,6)11(8)9/h2H2,1H3. The number of alkyl halides is 2. The molecule has 0 fully saturated rings. The normalized spacial score (nSPS) is 13.8. The molecule has 0 aliphatic rings. The third-order valence-electron chi connectivity index (χ3n) is 0.827. The van der Waals surface area contributed by atoms with Crippen molar-refractivity contribution < 1.29 is 27.0 Å². The Labute approximate surface area is 64.2 Å². The molecule has 3 nitrogen and oxygen atoms in total. The molecule has 0 aromatic heterocycles. The molecule has 0 aliphatic heterocycles. The zero-order valence-electron chi connectivity index (χ0n) is 5.90. The predicted molar refractivity (Wildman–Crippen MR) is 29.2 cm³/mol. The minimum absolute atomic E-state index is 0.383. The highest BCUT2D eigenvalue weighted by molar-refractivity contribution is 5.82. The van der Waals surface area contributed by atoms with E-state index < -0.39 is 17.3 Å². The van der Waals surface area contributed by atoms with E-state index >= 15 is 0 Å². The monoisotopic (exact) mass is 192 g/mol. The van der Waals surface area contributed by atoms with Crippen LogP contribution in [0.15, 0.2) is 5.21 Å². The zero-order valence-corrected chi connectivity index (χ0v) is 5.90. The second-order valence-corrected chi connectivity index (χ2v) is 1.60. The highest BCUT2D eigenvalue weighted by Gasteiger charge is 2.48. The Hall–Kier alpha value is -0.920. The average Bonchev–Trinajstić information content (AvgIpc) is 1.99. The van der Waals surface area contributed by atoms with Gasteiger partial charge in [0.05, 0.1) is 6.61 Å². The van der Waals surface area contributed by atoms with Gasteiger partial charge in [-0.05, 0) is 12.1 Å². The van der Waals surface area contributed by atoms with E-state index in [0.29, 0.717) is 0 Å². The molecule has 0 aliphatic carbocycles. The van der Waals surface area contributed by atoms with Gasteiger partial charge in [0.1, 0.15) is 5.34 Å². The van der Waals surface area contributed by atoms with Crippen molar-refractivity contribution in [2.24, 2.45) is 5.21 Å². The molecular weight excluding hydrogens is 187 g/mol. The summed E-state index contributed by atoms with van der Waals surface area (Å²) in [7, 11) is 0. The number of rotatable bonds is 3. The number of nitrogens with zero attached hydrogens (tertiary/aromatic N) is 2. The summed E-state index contributed by atoms with van der Waals surface area (Å²) in [5.74, 6) is -1.96. The first kappa shape index (κ1) is 11.1. The number of ether oxygens (including phenoxy) is 1. The van der Waals surface area contributed by atoms with Crippen molar-refractivity contribution in [2.75, 3.05) is 6.61 Å². The van der Waals surface area contributed by atoms with E-state index in [0.717, 1.165) is 0 Å². The molecule has 0 heterocycles. The van der Waals surface area contributed by atoms with Crippen LogP contribution in [0.1, 0.15) is 6.92 Å². The highest BCUT2D eigenvalue weighted by Crippen LogP contribution is 2.23. The first-order valence-corrected chi connectivity index (χ1v) is 2.78. The molecule has 72 valence electrons. The maximum atomic E-state index is 12.1. The number of hydrogen-bond acceptors (Lipinski definition) is 3. The Bertz CT molecular complexity index is 171. The SMILES string of the molecule is CCOC(=NF)C(F)(F)N(F)F. The molecule has 12 heavy (non-hydrogen) atoms. The summed E-state index contributed by atoms with van der Waals surface area (Å²) < 4.78 is 62.0. The third kappa shape index (κ3) is 2.29. The highest BCUT2D eigenvalue weighted by atomic mass is 19.4. The van der Waals surface area contributed by atoms with Crippen molar-refractivity contribution in [1.29, 1.82) is 0 Å². The molecule has 0 unspecified atom stereocenters. The lowest BCUT2D eigenvalue weighted by molar-refractivity contribution is -0.303. The Morgan fingerprint density at radius 3 is 2.25 bits per heavy atom. The van der Waals surface area contributed by atoms with Crippen LogP contribution < -0.4 is 0 Å². The zero-order chi connectivity index (χ0) is 9.78.